The molecule has 0 saturated carbocycles. The third-order valence-corrected chi connectivity index (χ3v) is 3.45. The molecule has 1 atom stereocenters. The number of hydrogen-bond donors (Lipinski definition) is 2. The average Bonchev–Trinajstić information content (AvgIpc) is 2.65. The smallest absolute Gasteiger partial charge is 0.366 e. The molecule has 0 aromatic carbocycles. The van der Waals surface area contributed by atoms with Gasteiger partial charge in [-0.3, -0.25) is 0 Å². The first-order chi connectivity index (χ1) is 7.27. The Morgan fingerprint density at radius 1 is 1.50 bits per heavy atom. The zero-order valence-corrected chi connectivity index (χ0v) is 9.19. The fraction of sp³-hybridized carbons (Fsp3) is 0.500. The molecule has 1 aromatic heterocycles. The van der Waals surface area contributed by atoms with Gasteiger partial charge in [0.25, 0.3) is 0 Å². The van der Waals surface area contributed by atoms with Gasteiger partial charge in [-0.05, 0) is 12.5 Å². The normalized spacial score (nSPS) is 15.0. The van der Waals surface area contributed by atoms with Crippen LogP contribution in [0.5, 0.6) is 0 Å². The van der Waals surface area contributed by atoms with Crippen LogP contribution in [-0.4, -0.2) is 25.6 Å². The molecule has 0 aliphatic heterocycles. The van der Waals surface area contributed by atoms with E-state index in [-0.39, 0.29) is 11.3 Å². The van der Waals surface area contributed by atoms with Crippen LogP contribution in [0.2, 0.25) is 0 Å². The lowest BCUT2D eigenvalue weighted by Gasteiger charge is -2.19. The van der Waals surface area contributed by atoms with Crippen molar-refractivity contribution in [3.8, 4) is 0 Å². The van der Waals surface area contributed by atoms with Crippen molar-refractivity contribution in [1.82, 2.24) is 9.71 Å². The van der Waals surface area contributed by atoms with Crippen LogP contribution in [-0.2, 0) is 10.0 Å². The van der Waals surface area contributed by atoms with Crippen molar-refractivity contribution in [1.29, 1.82) is 0 Å². The molecule has 2 N–H and O–H groups in total. The molecule has 0 spiro atoms. The second-order valence-electron chi connectivity index (χ2n) is 3.17. The van der Waals surface area contributed by atoms with Gasteiger partial charge in [-0.25, -0.2) is 8.42 Å². The maximum Gasteiger partial charge on any atom is 0.404 e. The molecule has 0 saturated heterocycles. The van der Waals surface area contributed by atoms with Gasteiger partial charge in [0.2, 0.25) is 10.0 Å². The van der Waals surface area contributed by atoms with E-state index >= 15 is 0 Å². The van der Waals surface area contributed by atoms with Crippen LogP contribution in [0.1, 0.15) is 13.3 Å². The van der Waals surface area contributed by atoms with E-state index in [2.05, 4.69) is 4.98 Å². The monoisotopic (exact) mass is 256 g/mol. The zero-order chi connectivity index (χ0) is 12.4. The minimum atomic E-state index is -4.59. The maximum absolute atomic E-state index is 12.4. The van der Waals surface area contributed by atoms with E-state index in [1.165, 1.54) is 19.2 Å². The third kappa shape index (κ3) is 2.99. The van der Waals surface area contributed by atoms with Gasteiger partial charge in [-0.15, -0.1) is 0 Å². The Bertz CT molecular complexity index is 425. The number of halogens is 3. The molecule has 0 aliphatic rings. The van der Waals surface area contributed by atoms with Crippen LogP contribution in [0.25, 0.3) is 0 Å². The highest BCUT2D eigenvalue weighted by Gasteiger charge is 2.40. The number of sulfonamides is 1. The van der Waals surface area contributed by atoms with Gasteiger partial charge in [0.1, 0.15) is 6.04 Å². The molecule has 0 aliphatic carbocycles. The summed E-state index contributed by atoms with van der Waals surface area (Å²) in [4.78, 5) is 2.25. The largest absolute Gasteiger partial charge is 0.404 e. The molecular formula is C8H11F3N2O2S. The molecule has 4 nitrogen and oxygen atoms in total. The summed E-state index contributed by atoms with van der Waals surface area (Å²) in [5.41, 5.74) is 0. The Hall–Kier alpha value is -1.02. The lowest BCUT2D eigenvalue weighted by molar-refractivity contribution is -0.151. The summed E-state index contributed by atoms with van der Waals surface area (Å²) in [6.07, 6.45) is -2.50. The Balaban J connectivity index is 2.88. The van der Waals surface area contributed by atoms with E-state index < -0.39 is 22.2 Å². The van der Waals surface area contributed by atoms with Crippen molar-refractivity contribution in [2.24, 2.45) is 0 Å². The van der Waals surface area contributed by atoms with Crippen LogP contribution >= 0.6 is 0 Å². The molecular weight excluding hydrogens is 245 g/mol. The molecule has 0 amide bonds. The number of H-pyrrole nitrogens is 1. The summed E-state index contributed by atoms with van der Waals surface area (Å²) in [6.45, 7) is 1.26. The third-order valence-electron chi connectivity index (χ3n) is 1.98. The molecule has 16 heavy (non-hydrogen) atoms. The molecule has 0 unspecified atom stereocenters. The minimum absolute atomic E-state index is 0.213. The number of nitrogens with one attached hydrogen (secondary N) is 2. The lowest BCUT2D eigenvalue weighted by Crippen LogP contribution is -2.44. The Morgan fingerprint density at radius 3 is 2.50 bits per heavy atom. The van der Waals surface area contributed by atoms with Gasteiger partial charge in [0.15, 0.2) is 0 Å². The van der Waals surface area contributed by atoms with Crippen molar-refractivity contribution >= 4 is 10.0 Å². The Morgan fingerprint density at radius 2 is 2.12 bits per heavy atom. The van der Waals surface area contributed by atoms with Crippen LogP contribution in [0.15, 0.2) is 23.4 Å². The van der Waals surface area contributed by atoms with Crippen LogP contribution in [0.3, 0.4) is 0 Å². The highest BCUT2D eigenvalue weighted by atomic mass is 32.2. The molecule has 0 radical (unpaired) electrons. The molecule has 92 valence electrons. The number of hydrogen-bond acceptors (Lipinski definition) is 2. The fourth-order valence-corrected chi connectivity index (χ4v) is 2.39. The van der Waals surface area contributed by atoms with Crippen LogP contribution < -0.4 is 4.72 Å². The maximum atomic E-state index is 12.4. The summed E-state index contributed by atoms with van der Waals surface area (Å²) in [5, 5.41) is 0. The molecule has 1 aromatic rings. The summed E-state index contributed by atoms with van der Waals surface area (Å²) in [6, 6.07) is -0.877. The number of alkyl halides is 3. The second kappa shape index (κ2) is 4.46. The van der Waals surface area contributed by atoms with Gasteiger partial charge < -0.3 is 4.98 Å². The lowest BCUT2D eigenvalue weighted by atomic mass is 10.2. The molecule has 0 fully saturated rings. The highest BCUT2D eigenvalue weighted by molar-refractivity contribution is 7.89. The summed E-state index contributed by atoms with van der Waals surface area (Å²) in [5.74, 6) is 0. The van der Waals surface area contributed by atoms with Gasteiger partial charge in [0.05, 0.1) is 4.90 Å². The van der Waals surface area contributed by atoms with Crippen molar-refractivity contribution in [2.75, 3.05) is 0 Å². The van der Waals surface area contributed by atoms with Gasteiger partial charge >= 0.3 is 6.18 Å². The fourth-order valence-electron chi connectivity index (χ4n) is 1.11. The summed E-state index contributed by atoms with van der Waals surface area (Å²) < 4.78 is 61.6. The minimum Gasteiger partial charge on any atom is -0.366 e. The Kier molecular flexibility index (Phi) is 3.64. The average molecular weight is 256 g/mol. The first kappa shape index (κ1) is 13.0. The number of aromatic amines is 1. The molecule has 0 bridgehead atoms. The molecule has 8 heteroatoms. The second-order valence-corrected chi connectivity index (χ2v) is 4.88. The van der Waals surface area contributed by atoms with Crippen molar-refractivity contribution < 1.29 is 21.6 Å². The molecule has 1 rings (SSSR count). The number of rotatable bonds is 4. The van der Waals surface area contributed by atoms with E-state index in [4.69, 9.17) is 0 Å². The molecule has 1 heterocycles. The first-order valence-electron chi connectivity index (χ1n) is 4.49. The van der Waals surface area contributed by atoms with E-state index in [0.717, 1.165) is 6.20 Å². The first-order valence-corrected chi connectivity index (χ1v) is 5.97. The van der Waals surface area contributed by atoms with Crippen LogP contribution in [0.4, 0.5) is 13.2 Å². The van der Waals surface area contributed by atoms with Crippen LogP contribution in [0, 0.1) is 0 Å². The topological polar surface area (TPSA) is 62.0 Å². The number of aromatic nitrogens is 1. The van der Waals surface area contributed by atoms with Gasteiger partial charge in [-0.1, -0.05) is 6.92 Å². The van der Waals surface area contributed by atoms with Crippen molar-refractivity contribution in [3.63, 3.8) is 0 Å². The highest BCUT2D eigenvalue weighted by Crippen LogP contribution is 2.23. The zero-order valence-electron chi connectivity index (χ0n) is 8.38. The van der Waals surface area contributed by atoms with E-state index in [0.29, 0.717) is 0 Å². The van der Waals surface area contributed by atoms with Crippen molar-refractivity contribution in [3.05, 3.63) is 18.5 Å². The van der Waals surface area contributed by atoms with E-state index in [9.17, 15) is 21.6 Å². The van der Waals surface area contributed by atoms with Gasteiger partial charge in [0, 0.05) is 12.4 Å². The summed E-state index contributed by atoms with van der Waals surface area (Å²) in [7, 11) is -4.11. The van der Waals surface area contributed by atoms with E-state index in [1.807, 2.05) is 0 Å². The van der Waals surface area contributed by atoms with E-state index in [1.54, 1.807) is 4.72 Å². The SMILES string of the molecule is CC[C@H](NS(=O)(=O)c1cc[nH]c1)C(F)(F)F. The predicted octanol–water partition coefficient (Wildman–Crippen LogP) is 1.63. The quantitative estimate of drug-likeness (QED) is 0.860. The standard InChI is InChI=1S/C8H11F3N2O2S/c1-2-7(8(9,10)11)13-16(14,15)6-3-4-12-5-6/h3-5,7,12-13H,2H2,1H3/t7-/m0/s1. The van der Waals surface area contributed by atoms with Gasteiger partial charge in [-0.2, -0.15) is 17.9 Å². The predicted molar refractivity (Wildman–Crippen MR) is 51.2 cm³/mol. The van der Waals surface area contributed by atoms with Crippen molar-refractivity contribution in [2.45, 2.75) is 30.5 Å². The Labute approximate surface area is 90.9 Å². The summed E-state index contributed by atoms with van der Waals surface area (Å²) >= 11 is 0.